The summed E-state index contributed by atoms with van der Waals surface area (Å²) in [6.07, 6.45) is -7.81. The molecule has 0 saturated carbocycles. The van der Waals surface area contributed by atoms with Gasteiger partial charge in [-0.3, -0.25) is 19.7 Å². The number of aliphatic carboxylic acids is 1. The number of carboxylic acids is 1. The minimum atomic E-state index is -5.32. The smallest absolute Gasteiger partial charge is 0.421 e. The number of alkyl halides is 3. The second-order valence-corrected chi connectivity index (χ2v) is 8.02. The van der Waals surface area contributed by atoms with Crippen molar-refractivity contribution in [2.45, 2.75) is 50.7 Å². The lowest BCUT2D eigenvalue weighted by Gasteiger charge is -2.35. The summed E-state index contributed by atoms with van der Waals surface area (Å²) in [5.74, 6) is -4.12. The van der Waals surface area contributed by atoms with Crippen molar-refractivity contribution in [1.82, 2.24) is 16.0 Å². The van der Waals surface area contributed by atoms with E-state index < -0.39 is 54.1 Å². The molecule has 2 aromatic rings. The average Bonchev–Trinajstić information content (AvgIpc) is 2.82. The highest BCUT2D eigenvalue weighted by molar-refractivity contribution is 5.95. The van der Waals surface area contributed by atoms with Crippen LogP contribution in [0.1, 0.15) is 25.0 Å². The Hall–Kier alpha value is -4.09. The number of nitrogens with one attached hydrogen (secondary N) is 3. The Labute approximate surface area is 205 Å². The molecular formula is C24H26F3N3O6. The van der Waals surface area contributed by atoms with E-state index in [1.54, 1.807) is 41.7 Å². The monoisotopic (exact) mass is 509 g/mol. The topological polar surface area (TPSA) is 134 Å². The molecule has 2 aromatic carbocycles. The van der Waals surface area contributed by atoms with Crippen LogP contribution >= 0.6 is 0 Å². The van der Waals surface area contributed by atoms with Gasteiger partial charge in [-0.2, -0.15) is 13.2 Å². The first-order chi connectivity index (χ1) is 16.9. The molecule has 0 aliphatic heterocycles. The molecule has 1 unspecified atom stereocenters. The van der Waals surface area contributed by atoms with Crippen LogP contribution in [0.25, 0.3) is 0 Å². The molecule has 3 atom stereocenters. The maximum absolute atomic E-state index is 14.5. The van der Waals surface area contributed by atoms with Crippen LogP contribution in [0.5, 0.6) is 0 Å². The van der Waals surface area contributed by atoms with E-state index in [9.17, 15) is 32.3 Å². The zero-order chi connectivity index (χ0) is 26.9. The second kappa shape index (κ2) is 12.0. The molecule has 0 radical (unpaired) electrons. The van der Waals surface area contributed by atoms with Crippen molar-refractivity contribution < 1.29 is 42.2 Å². The van der Waals surface area contributed by atoms with Gasteiger partial charge >= 0.3 is 18.2 Å². The van der Waals surface area contributed by atoms with Crippen molar-refractivity contribution in [1.29, 1.82) is 0 Å². The third-order valence-corrected chi connectivity index (χ3v) is 5.18. The van der Waals surface area contributed by atoms with Crippen molar-refractivity contribution in [3.8, 4) is 0 Å². The molecule has 0 aliphatic carbocycles. The summed E-state index contributed by atoms with van der Waals surface area (Å²) in [6.45, 7) is 1.88. The van der Waals surface area contributed by atoms with Crippen molar-refractivity contribution in [2.75, 3.05) is 0 Å². The van der Waals surface area contributed by atoms with E-state index in [0.29, 0.717) is 5.56 Å². The van der Waals surface area contributed by atoms with Crippen LogP contribution in [0.4, 0.5) is 18.0 Å². The van der Waals surface area contributed by atoms with E-state index in [4.69, 9.17) is 9.84 Å². The standard InChI is InChI=1S/C24H26F3N3O6/c1-15(19(31)28-16(2)20(32)33)29-21(34)23(24(25,26)27,13-17-9-5-3-6-10-17)30-22(35)36-14-18-11-7-4-8-12-18/h3-12,15-16H,13-14H2,1-2H3,(H,28,31)(H,29,34)(H,30,35)(H,32,33)/t15-,16-,23?/m0/s1. The van der Waals surface area contributed by atoms with Crippen LogP contribution in [0, 0.1) is 0 Å². The fourth-order valence-electron chi connectivity index (χ4n) is 3.10. The summed E-state index contributed by atoms with van der Waals surface area (Å²) in [5.41, 5.74) is -2.92. The number of carbonyl (C=O) groups is 4. The molecule has 2 rings (SSSR count). The van der Waals surface area contributed by atoms with Crippen molar-refractivity contribution in [3.05, 3.63) is 71.8 Å². The molecule has 9 nitrogen and oxygen atoms in total. The van der Waals surface area contributed by atoms with E-state index in [0.717, 1.165) is 13.8 Å². The molecule has 0 aromatic heterocycles. The van der Waals surface area contributed by atoms with Gasteiger partial charge in [-0.1, -0.05) is 60.7 Å². The summed E-state index contributed by atoms with van der Waals surface area (Å²) in [4.78, 5) is 48.7. The van der Waals surface area contributed by atoms with E-state index in [2.05, 4.69) is 5.32 Å². The SMILES string of the molecule is C[C@H](NC(=O)[C@H](C)NC(=O)C(Cc1ccccc1)(NC(=O)OCc1ccccc1)C(F)(F)F)C(=O)O. The molecule has 12 heteroatoms. The lowest BCUT2D eigenvalue weighted by molar-refractivity contribution is -0.198. The van der Waals surface area contributed by atoms with E-state index in [1.807, 2.05) is 5.32 Å². The largest absolute Gasteiger partial charge is 0.480 e. The third kappa shape index (κ3) is 7.45. The van der Waals surface area contributed by atoms with Gasteiger partial charge in [-0.25, -0.2) is 4.79 Å². The Kier molecular flexibility index (Phi) is 9.42. The van der Waals surface area contributed by atoms with Gasteiger partial charge in [0.2, 0.25) is 11.4 Å². The number of alkyl carbamates (subject to hydrolysis) is 1. The summed E-state index contributed by atoms with van der Waals surface area (Å²) < 4.78 is 48.4. The van der Waals surface area contributed by atoms with Gasteiger partial charge < -0.3 is 20.5 Å². The Morgan fingerprint density at radius 3 is 1.89 bits per heavy atom. The van der Waals surface area contributed by atoms with Crippen LogP contribution in [0.15, 0.2) is 60.7 Å². The van der Waals surface area contributed by atoms with Gasteiger partial charge in [-0.05, 0) is 25.0 Å². The number of hydrogen-bond acceptors (Lipinski definition) is 5. The van der Waals surface area contributed by atoms with Crippen molar-refractivity contribution in [2.24, 2.45) is 0 Å². The van der Waals surface area contributed by atoms with E-state index >= 15 is 0 Å². The van der Waals surface area contributed by atoms with Crippen LogP contribution in [0.2, 0.25) is 0 Å². The molecule has 4 N–H and O–H groups in total. The first kappa shape index (κ1) is 28.1. The highest BCUT2D eigenvalue weighted by Crippen LogP contribution is 2.34. The molecule has 0 fully saturated rings. The summed E-state index contributed by atoms with van der Waals surface area (Å²) in [6, 6.07) is 12.5. The molecule has 0 saturated heterocycles. The summed E-state index contributed by atoms with van der Waals surface area (Å²) in [5, 5.41) is 14.6. The Bertz CT molecular complexity index is 1070. The molecule has 3 amide bonds. The first-order valence-corrected chi connectivity index (χ1v) is 10.8. The van der Waals surface area contributed by atoms with Crippen LogP contribution in [-0.4, -0.2) is 52.8 Å². The van der Waals surface area contributed by atoms with Crippen LogP contribution in [0.3, 0.4) is 0 Å². The number of ether oxygens (including phenoxy) is 1. The molecule has 0 heterocycles. The summed E-state index contributed by atoms with van der Waals surface area (Å²) in [7, 11) is 0. The number of rotatable bonds is 10. The van der Waals surface area contributed by atoms with Crippen molar-refractivity contribution in [3.63, 3.8) is 0 Å². The quantitative estimate of drug-likeness (QED) is 0.389. The molecule has 0 bridgehead atoms. The maximum atomic E-state index is 14.5. The second-order valence-electron chi connectivity index (χ2n) is 8.02. The molecular weight excluding hydrogens is 483 g/mol. The Balaban J connectivity index is 2.32. The predicted octanol–water partition coefficient (Wildman–Crippen LogP) is 2.55. The maximum Gasteiger partial charge on any atom is 0.421 e. The zero-order valence-electron chi connectivity index (χ0n) is 19.5. The molecule has 0 spiro atoms. The first-order valence-electron chi connectivity index (χ1n) is 10.8. The third-order valence-electron chi connectivity index (χ3n) is 5.18. The van der Waals surface area contributed by atoms with Gasteiger partial charge in [0.1, 0.15) is 18.7 Å². The predicted molar refractivity (Wildman–Crippen MR) is 122 cm³/mol. The lowest BCUT2D eigenvalue weighted by Crippen LogP contribution is -2.70. The van der Waals surface area contributed by atoms with Gasteiger partial charge in [0.25, 0.3) is 5.91 Å². The molecule has 36 heavy (non-hydrogen) atoms. The Morgan fingerprint density at radius 2 is 1.39 bits per heavy atom. The zero-order valence-corrected chi connectivity index (χ0v) is 19.5. The van der Waals surface area contributed by atoms with Gasteiger partial charge in [0, 0.05) is 6.42 Å². The van der Waals surface area contributed by atoms with Crippen LogP contribution in [-0.2, 0) is 32.1 Å². The molecule has 0 aliphatic rings. The average molecular weight is 509 g/mol. The number of hydrogen-bond donors (Lipinski definition) is 4. The van der Waals surface area contributed by atoms with Gasteiger partial charge in [0.15, 0.2) is 0 Å². The summed E-state index contributed by atoms with van der Waals surface area (Å²) >= 11 is 0. The van der Waals surface area contributed by atoms with Gasteiger partial charge in [-0.15, -0.1) is 0 Å². The number of carboxylic acid groups (broad SMARTS) is 1. The van der Waals surface area contributed by atoms with Crippen LogP contribution < -0.4 is 16.0 Å². The highest BCUT2D eigenvalue weighted by Gasteiger charge is 2.62. The fraction of sp³-hybridized carbons (Fsp3) is 0.333. The van der Waals surface area contributed by atoms with Gasteiger partial charge in [0.05, 0.1) is 0 Å². The molecule has 194 valence electrons. The lowest BCUT2D eigenvalue weighted by atomic mass is 9.88. The normalized spacial score (nSPS) is 14.5. The Morgan fingerprint density at radius 1 is 0.861 bits per heavy atom. The number of carbonyl (C=O) groups excluding carboxylic acids is 3. The number of halogens is 3. The highest BCUT2D eigenvalue weighted by atomic mass is 19.4. The van der Waals surface area contributed by atoms with E-state index in [-0.39, 0.29) is 12.2 Å². The van der Waals surface area contributed by atoms with E-state index in [1.165, 1.54) is 24.3 Å². The minimum absolute atomic E-state index is 0.0740. The minimum Gasteiger partial charge on any atom is -0.480 e. The fourth-order valence-corrected chi connectivity index (χ4v) is 3.10. The number of amides is 3. The van der Waals surface area contributed by atoms with Crippen molar-refractivity contribution >= 4 is 23.9 Å². The number of benzene rings is 2.